The molecule has 0 saturated heterocycles. The molecule has 34 heavy (non-hydrogen) atoms. The number of carbonyl (C=O) groups excluding carboxylic acids is 1. The third kappa shape index (κ3) is 4.89. The number of alkyl halides is 20. The van der Waals surface area contributed by atoms with Crippen molar-refractivity contribution in [3.8, 4) is 0 Å². The van der Waals surface area contributed by atoms with Crippen molar-refractivity contribution in [3.05, 3.63) is 0 Å². The smallest absolute Gasteiger partial charge is 0.456 e. The molecule has 0 N–H and O–H groups in total. The van der Waals surface area contributed by atoms with Gasteiger partial charge >= 0.3 is 59.8 Å². The van der Waals surface area contributed by atoms with Gasteiger partial charge < -0.3 is 4.74 Å². The van der Waals surface area contributed by atoms with Gasteiger partial charge in [-0.05, 0) is 0 Å². The number of rotatable bonds is 9. The van der Waals surface area contributed by atoms with E-state index >= 15 is 0 Å². The molecule has 0 saturated carbocycles. The minimum atomic E-state index is -8.85. The maximum atomic E-state index is 13.4. The van der Waals surface area contributed by atoms with Gasteiger partial charge in [0.25, 0.3) is 0 Å². The van der Waals surface area contributed by atoms with Crippen LogP contribution in [-0.4, -0.2) is 66.4 Å². The van der Waals surface area contributed by atoms with E-state index in [0.717, 1.165) is 0 Å². The summed E-state index contributed by atoms with van der Waals surface area (Å²) in [6.07, 6.45) is -17.2. The Morgan fingerprint density at radius 3 is 1.06 bits per heavy atom. The molecule has 0 radical (unpaired) electrons. The largest absolute Gasteiger partial charge is 0.460 e. The average molecular weight is 560 g/mol. The Morgan fingerprint density at radius 1 is 0.471 bits per heavy atom. The molecule has 0 aliphatic carbocycles. The molecule has 0 heterocycles. The van der Waals surface area contributed by atoms with Crippen LogP contribution in [0.25, 0.3) is 0 Å². The van der Waals surface area contributed by atoms with Gasteiger partial charge in [-0.25, -0.2) is 0 Å². The lowest BCUT2D eigenvalue weighted by Crippen LogP contribution is -2.74. The van der Waals surface area contributed by atoms with Crippen molar-refractivity contribution >= 4 is 5.97 Å². The summed E-state index contributed by atoms with van der Waals surface area (Å²) in [5.74, 6) is -61.9. The van der Waals surface area contributed by atoms with Crippen molar-refractivity contribution in [2.45, 2.75) is 60.2 Å². The first kappa shape index (κ1) is 32.1. The molecule has 0 unspecified atom stereocenters. The third-order valence-electron chi connectivity index (χ3n) is 3.55. The van der Waals surface area contributed by atoms with Crippen LogP contribution in [0, 0.1) is 0 Å². The van der Waals surface area contributed by atoms with Crippen molar-refractivity contribution in [3.63, 3.8) is 0 Å². The lowest BCUT2D eigenvalue weighted by Gasteiger charge is -2.42. The van der Waals surface area contributed by atoms with E-state index in [0.29, 0.717) is 0 Å². The molecule has 0 aromatic carbocycles. The Morgan fingerprint density at radius 2 is 0.765 bits per heavy atom. The van der Waals surface area contributed by atoms with E-state index in [-0.39, 0.29) is 0 Å². The number of esters is 1. The van der Waals surface area contributed by atoms with E-state index < -0.39 is 72.8 Å². The van der Waals surface area contributed by atoms with Crippen LogP contribution in [0.1, 0.15) is 6.42 Å². The molecule has 0 bridgehead atoms. The standard InChI is InChI=1S/C12H4F20O2/c13-4(14,1-3(33)34-2-5(15,16)17)6(18,19)7(20,21)8(22,23)9(24,25)10(26,27)11(28,29)12(30,31)32/h1-2H2. The maximum Gasteiger partial charge on any atom is 0.460 e. The summed E-state index contributed by atoms with van der Waals surface area (Å²) in [4.78, 5) is 10.7. The Hall–Kier alpha value is -1.93. The predicted molar refractivity (Wildman–Crippen MR) is 62.3 cm³/mol. The van der Waals surface area contributed by atoms with E-state index in [2.05, 4.69) is 4.74 Å². The molecule has 0 aromatic rings. The number of carbonyl (C=O) groups is 1. The quantitative estimate of drug-likeness (QED) is 0.238. The van der Waals surface area contributed by atoms with Gasteiger partial charge in [0.15, 0.2) is 6.61 Å². The first-order chi connectivity index (χ1) is 14.4. The summed E-state index contributed by atoms with van der Waals surface area (Å²) in [5.41, 5.74) is 0. The highest BCUT2D eigenvalue weighted by molar-refractivity contribution is 5.70. The Balaban J connectivity index is 6.42. The normalized spacial score (nSPS) is 16.0. The van der Waals surface area contributed by atoms with Gasteiger partial charge in [-0.2, -0.15) is 87.8 Å². The van der Waals surface area contributed by atoms with Crippen LogP contribution in [0.4, 0.5) is 87.8 Å². The number of halogens is 20. The van der Waals surface area contributed by atoms with Crippen LogP contribution in [0.5, 0.6) is 0 Å². The molecule has 2 nitrogen and oxygen atoms in total. The number of hydrogen-bond donors (Lipinski definition) is 0. The highest BCUT2D eigenvalue weighted by atomic mass is 19.4. The van der Waals surface area contributed by atoms with Crippen LogP contribution >= 0.6 is 0 Å². The zero-order valence-corrected chi connectivity index (χ0v) is 14.8. The predicted octanol–water partition coefficient (Wildman–Crippen LogP) is 6.49. The minimum Gasteiger partial charge on any atom is -0.456 e. The Bertz CT molecular complexity index is 744. The monoisotopic (exact) mass is 560 g/mol. The molecule has 0 atom stereocenters. The van der Waals surface area contributed by atoms with E-state index in [1.54, 1.807) is 0 Å². The van der Waals surface area contributed by atoms with E-state index in [1.807, 2.05) is 0 Å². The molecule has 22 heteroatoms. The van der Waals surface area contributed by atoms with E-state index in [1.165, 1.54) is 0 Å². The third-order valence-corrected chi connectivity index (χ3v) is 3.55. The molecule has 0 fully saturated rings. The zero-order chi connectivity index (χ0) is 28.2. The first-order valence-corrected chi connectivity index (χ1v) is 7.29. The van der Waals surface area contributed by atoms with Gasteiger partial charge in [0, 0.05) is 0 Å². The fraction of sp³-hybridized carbons (Fsp3) is 0.917. The highest BCUT2D eigenvalue weighted by Crippen LogP contribution is 2.64. The first-order valence-electron chi connectivity index (χ1n) is 7.29. The Kier molecular flexibility index (Phi) is 7.86. The van der Waals surface area contributed by atoms with Gasteiger partial charge in [0.05, 0.1) is 0 Å². The summed E-state index contributed by atoms with van der Waals surface area (Å²) in [6, 6.07) is 0. The Labute approximate surface area is 171 Å². The van der Waals surface area contributed by atoms with Crippen LogP contribution in [-0.2, 0) is 9.53 Å². The van der Waals surface area contributed by atoms with Crippen molar-refractivity contribution in [1.29, 1.82) is 0 Å². The average Bonchev–Trinajstić information content (AvgIpc) is 2.56. The number of hydrogen-bond acceptors (Lipinski definition) is 2. The molecule has 0 spiro atoms. The molecule has 0 aromatic heterocycles. The van der Waals surface area contributed by atoms with Crippen molar-refractivity contribution in [1.82, 2.24) is 0 Å². The van der Waals surface area contributed by atoms with E-state index in [4.69, 9.17) is 0 Å². The summed E-state index contributed by atoms with van der Waals surface area (Å²) in [7, 11) is 0. The number of ether oxygens (including phenoxy) is 1. The van der Waals surface area contributed by atoms with Crippen LogP contribution in [0.15, 0.2) is 0 Å². The van der Waals surface area contributed by atoms with Crippen molar-refractivity contribution in [2.75, 3.05) is 6.61 Å². The molecule has 0 rings (SSSR count). The van der Waals surface area contributed by atoms with Crippen LogP contribution < -0.4 is 0 Å². The lowest BCUT2D eigenvalue weighted by molar-refractivity contribution is -0.461. The summed E-state index contributed by atoms with van der Waals surface area (Å²) >= 11 is 0. The second-order valence-corrected chi connectivity index (χ2v) is 6.10. The SMILES string of the molecule is O=C(CC(F)(F)C(F)(F)C(F)(F)C(F)(F)C(F)(F)C(F)(F)C(F)(F)C(F)(F)F)OCC(F)(F)F. The van der Waals surface area contributed by atoms with Crippen LogP contribution in [0.2, 0.25) is 0 Å². The lowest BCUT2D eigenvalue weighted by atomic mass is 9.88. The highest BCUT2D eigenvalue weighted by Gasteiger charge is 2.95. The molecule has 0 amide bonds. The summed E-state index contributed by atoms with van der Waals surface area (Å²) < 4.78 is 258. The molecular formula is C12H4F20O2. The zero-order valence-electron chi connectivity index (χ0n) is 14.8. The summed E-state index contributed by atoms with van der Waals surface area (Å²) in [5, 5.41) is 0. The van der Waals surface area contributed by atoms with Crippen molar-refractivity contribution in [2.24, 2.45) is 0 Å². The van der Waals surface area contributed by atoms with Crippen molar-refractivity contribution < 1.29 is 97.3 Å². The fourth-order valence-corrected chi connectivity index (χ4v) is 1.70. The fourth-order valence-electron chi connectivity index (χ4n) is 1.70. The molecule has 0 aliphatic rings. The van der Waals surface area contributed by atoms with Gasteiger partial charge in [-0.1, -0.05) is 0 Å². The maximum absolute atomic E-state index is 13.4. The molecular weight excluding hydrogens is 556 g/mol. The minimum absolute atomic E-state index is 2.84. The van der Waals surface area contributed by atoms with Gasteiger partial charge in [0.1, 0.15) is 6.42 Å². The van der Waals surface area contributed by atoms with E-state index in [9.17, 15) is 92.6 Å². The van der Waals surface area contributed by atoms with Gasteiger partial charge in [-0.3, -0.25) is 4.79 Å². The van der Waals surface area contributed by atoms with Gasteiger partial charge in [-0.15, -0.1) is 0 Å². The molecule has 204 valence electrons. The summed E-state index contributed by atoms with van der Waals surface area (Å²) in [6.45, 7) is -2.86. The van der Waals surface area contributed by atoms with Crippen LogP contribution in [0.3, 0.4) is 0 Å². The second-order valence-electron chi connectivity index (χ2n) is 6.10. The molecule has 0 aliphatic heterocycles. The topological polar surface area (TPSA) is 26.3 Å². The second kappa shape index (κ2) is 8.33. The van der Waals surface area contributed by atoms with Gasteiger partial charge in [0.2, 0.25) is 0 Å².